The van der Waals surface area contributed by atoms with E-state index in [1.165, 1.54) is 0 Å². The summed E-state index contributed by atoms with van der Waals surface area (Å²) in [6, 6.07) is 12.8. The van der Waals surface area contributed by atoms with Gasteiger partial charge in [0.25, 0.3) is 0 Å². The third kappa shape index (κ3) is 3.56. The smallest absolute Gasteiger partial charge is 0.170 e. The fourth-order valence-corrected chi connectivity index (χ4v) is 2.65. The summed E-state index contributed by atoms with van der Waals surface area (Å²) in [5.74, 6) is 0.0890. The zero-order valence-electron chi connectivity index (χ0n) is 9.68. The molecule has 0 saturated heterocycles. The lowest BCUT2D eigenvalue weighted by molar-refractivity contribution is 0.318. The van der Waals surface area contributed by atoms with Crippen LogP contribution in [-0.4, -0.2) is 11.0 Å². The molecule has 0 aromatic heterocycles. The first-order chi connectivity index (χ1) is 9.10. The highest BCUT2D eigenvalue weighted by molar-refractivity contribution is 7.99. The van der Waals surface area contributed by atoms with Crippen molar-refractivity contribution in [3.05, 3.63) is 58.1 Å². The van der Waals surface area contributed by atoms with Crippen LogP contribution in [0.5, 0.6) is 0 Å². The maximum absolute atomic E-state index is 8.58. The molecule has 0 radical (unpaired) electrons. The van der Waals surface area contributed by atoms with Crippen LogP contribution in [0.25, 0.3) is 0 Å². The first-order valence-electron chi connectivity index (χ1n) is 5.31. The highest BCUT2D eigenvalue weighted by Gasteiger charge is 2.03. The van der Waals surface area contributed by atoms with Crippen LogP contribution in [-0.2, 0) is 0 Å². The molecule has 0 atom stereocenters. The van der Waals surface area contributed by atoms with Crippen LogP contribution in [0.15, 0.2) is 57.4 Å². The van der Waals surface area contributed by atoms with Gasteiger partial charge in [0, 0.05) is 15.4 Å². The Balaban J connectivity index is 2.17. The molecule has 0 aliphatic rings. The number of rotatable bonds is 3. The molecule has 0 fully saturated rings. The van der Waals surface area contributed by atoms with Gasteiger partial charge in [-0.05, 0) is 30.3 Å². The first-order valence-corrected chi connectivity index (χ1v) is 6.88. The van der Waals surface area contributed by atoms with Crippen molar-refractivity contribution in [3.63, 3.8) is 0 Å². The molecule has 0 spiro atoms. The van der Waals surface area contributed by atoms with E-state index in [4.69, 9.17) is 34.1 Å². The van der Waals surface area contributed by atoms with Gasteiger partial charge in [0.05, 0.1) is 10.0 Å². The Labute approximate surface area is 125 Å². The van der Waals surface area contributed by atoms with Crippen molar-refractivity contribution in [2.45, 2.75) is 9.79 Å². The van der Waals surface area contributed by atoms with Gasteiger partial charge in [0.1, 0.15) is 0 Å². The quantitative estimate of drug-likeness (QED) is 0.386. The van der Waals surface area contributed by atoms with E-state index in [0.717, 1.165) is 9.79 Å². The minimum absolute atomic E-state index is 0.0890. The Hall–Kier alpha value is -1.36. The van der Waals surface area contributed by atoms with Crippen LogP contribution in [0.3, 0.4) is 0 Å². The van der Waals surface area contributed by atoms with Crippen molar-refractivity contribution in [2.24, 2.45) is 10.9 Å². The molecule has 98 valence electrons. The lowest BCUT2D eigenvalue weighted by Gasteiger charge is -2.04. The summed E-state index contributed by atoms with van der Waals surface area (Å²) in [6.07, 6.45) is 0. The van der Waals surface area contributed by atoms with Crippen molar-refractivity contribution in [3.8, 4) is 0 Å². The minimum Gasteiger partial charge on any atom is -0.409 e. The molecule has 0 aliphatic carbocycles. The molecule has 3 N–H and O–H groups in total. The van der Waals surface area contributed by atoms with Gasteiger partial charge >= 0.3 is 0 Å². The molecule has 2 aromatic rings. The molecule has 0 unspecified atom stereocenters. The van der Waals surface area contributed by atoms with E-state index < -0.39 is 0 Å². The zero-order chi connectivity index (χ0) is 13.8. The SMILES string of the molecule is NC(=NO)c1ccc(Sc2ccc(Cl)c(Cl)c2)cc1. The molecule has 2 aromatic carbocycles. The number of amidine groups is 1. The zero-order valence-corrected chi connectivity index (χ0v) is 12.0. The monoisotopic (exact) mass is 312 g/mol. The predicted molar refractivity (Wildman–Crippen MR) is 79.5 cm³/mol. The van der Waals surface area contributed by atoms with Gasteiger partial charge in [0.15, 0.2) is 5.84 Å². The number of oxime groups is 1. The summed E-state index contributed by atoms with van der Waals surface area (Å²) < 4.78 is 0. The fourth-order valence-electron chi connectivity index (χ4n) is 1.43. The summed E-state index contributed by atoms with van der Waals surface area (Å²) in [5, 5.41) is 12.6. The molecular formula is C13H10Cl2N2OS. The molecule has 6 heteroatoms. The van der Waals surface area contributed by atoms with E-state index in [9.17, 15) is 0 Å². The van der Waals surface area contributed by atoms with Crippen molar-refractivity contribution < 1.29 is 5.21 Å². The molecular weight excluding hydrogens is 303 g/mol. The van der Waals surface area contributed by atoms with Gasteiger partial charge in [0.2, 0.25) is 0 Å². The van der Waals surface area contributed by atoms with Crippen LogP contribution in [0, 0.1) is 0 Å². The second kappa shape index (κ2) is 6.19. The van der Waals surface area contributed by atoms with Crippen LogP contribution in [0.4, 0.5) is 0 Å². The third-order valence-electron chi connectivity index (χ3n) is 2.38. The van der Waals surface area contributed by atoms with E-state index in [-0.39, 0.29) is 5.84 Å². The number of nitrogens with zero attached hydrogens (tertiary/aromatic N) is 1. The van der Waals surface area contributed by atoms with Crippen LogP contribution in [0.1, 0.15) is 5.56 Å². The summed E-state index contributed by atoms with van der Waals surface area (Å²) in [6.45, 7) is 0. The Morgan fingerprint density at radius 3 is 2.21 bits per heavy atom. The van der Waals surface area contributed by atoms with Gasteiger partial charge in [-0.15, -0.1) is 0 Å². The predicted octanol–water partition coefficient (Wildman–Crippen LogP) is 4.24. The van der Waals surface area contributed by atoms with Gasteiger partial charge in [-0.2, -0.15) is 0 Å². The van der Waals surface area contributed by atoms with E-state index in [1.54, 1.807) is 30.0 Å². The average molecular weight is 313 g/mol. The Bertz CT molecular complexity index is 615. The first kappa shape index (κ1) is 14.1. The van der Waals surface area contributed by atoms with Crippen molar-refractivity contribution in [2.75, 3.05) is 0 Å². The van der Waals surface area contributed by atoms with E-state index >= 15 is 0 Å². The summed E-state index contributed by atoms with van der Waals surface area (Å²) >= 11 is 13.4. The van der Waals surface area contributed by atoms with Gasteiger partial charge in [-0.3, -0.25) is 0 Å². The average Bonchev–Trinajstić information content (AvgIpc) is 2.43. The normalized spacial score (nSPS) is 11.6. The maximum Gasteiger partial charge on any atom is 0.170 e. The van der Waals surface area contributed by atoms with Crippen molar-refractivity contribution >= 4 is 40.8 Å². The Morgan fingerprint density at radius 1 is 1.00 bits per heavy atom. The number of benzene rings is 2. The molecule has 0 heterocycles. The standard InChI is InChI=1S/C13H10Cl2N2OS/c14-11-6-5-10(7-12(11)15)19-9-3-1-8(2-4-9)13(16)17-18/h1-7,18H,(H2,16,17). The summed E-state index contributed by atoms with van der Waals surface area (Å²) in [5.41, 5.74) is 6.16. The van der Waals surface area contributed by atoms with Crippen molar-refractivity contribution in [1.29, 1.82) is 0 Å². The fraction of sp³-hybridized carbons (Fsp3) is 0. The third-order valence-corrected chi connectivity index (χ3v) is 4.12. The summed E-state index contributed by atoms with van der Waals surface area (Å²) in [4.78, 5) is 2.01. The molecule has 2 rings (SSSR count). The van der Waals surface area contributed by atoms with Gasteiger partial charge < -0.3 is 10.9 Å². The molecule has 0 amide bonds. The lowest BCUT2D eigenvalue weighted by Crippen LogP contribution is -2.12. The summed E-state index contributed by atoms with van der Waals surface area (Å²) in [7, 11) is 0. The van der Waals surface area contributed by atoms with Crippen molar-refractivity contribution in [1.82, 2.24) is 0 Å². The molecule has 3 nitrogen and oxygen atoms in total. The highest BCUT2D eigenvalue weighted by atomic mass is 35.5. The second-order valence-electron chi connectivity index (χ2n) is 3.69. The Kier molecular flexibility index (Phi) is 4.58. The van der Waals surface area contributed by atoms with E-state index in [1.807, 2.05) is 24.3 Å². The van der Waals surface area contributed by atoms with Gasteiger partial charge in [-0.25, -0.2) is 0 Å². The molecule has 0 aliphatic heterocycles. The van der Waals surface area contributed by atoms with Gasteiger partial charge in [-0.1, -0.05) is 52.3 Å². The largest absolute Gasteiger partial charge is 0.409 e. The number of hydrogen-bond acceptors (Lipinski definition) is 3. The molecule has 19 heavy (non-hydrogen) atoms. The minimum atomic E-state index is 0.0890. The Morgan fingerprint density at radius 2 is 1.63 bits per heavy atom. The van der Waals surface area contributed by atoms with E-state index in [2.05, 4.69) is 5.16 Å². The highest BCUT2D eigenvalue weighted by Crippen LogP contribution is 2.32. The lowest BCUT2D eigenvalue weighted by atomic mass is 10.2. The van der Waals surface area contributed by atoms with E-state index in [0.29, 0.717) is 15.6 Å². The van der Waals surface area contributed by atoms with Crippen LogP contribution >= 0.6 is 35.0 Å². The molecule has 0 saturated carbocycles. The van der Waals surface area contributed by atoms with Crippen LogP contribution in [0.2, 0.25) is 10.0 Å². The maximum atomic E-state index is 8.58. The number of halogens is 2. The number of nitrogens with two attached hydrogens (primary N) is 1. The number of hydrogen-bond donors (Lipinski definition) is 2. The molecule has 0 bridgehead atoms. The second-order valence-corrected chi connectivity index (χ2v) is 5.65. The van der Waals surface area contributed by atoms with Crippen LogP contribution < -0.4 is 5.73 Å². The topological polar surface area (TPSA) is 58.6 Å².